The maximum absolute atomic E-state index is 11.0. The molecule has 0 heterocycles. The van der Waals surface area contributed by atoms with Gasteiger partial charge in [0.15, 0.2) is 12.7 Å². The molecular formula is C8H15NaO9. The van der Waals surface area contributed by atoms with Crippen molar-refractivity contribution in [1.82, 2.24) is 0 Å². The first-order valence-corrected chi connectivity index (χ1v) is 4.52. The van der Waals surface area contributed by atoms with E-state index in [4.69, 9.17) is 25.5 Å². The van der Waals surface area contributed by atoms with Crippen molar-refractivity contribution in [3.63, 3.8) is 0 Å². The number of rotatable bonds is 7. The van der Waals surface area contributed by atoms with Crippen molar-refractivity contribution >= 4 is 41.5 Å². The summed E-state index contributed by atoms with van der Waals surface area (Å²) in [7, 11) is 0. The molecule has 18 heavy (non-hydrogen) atoms. The van der Waals surface area contributed by atoms with Gasteiger partial charge in [0, 0.05) is 0 Å². The average molecular weight is 278 g/mol. The fraction of sp³-hybridized carbons (Fsp3) is 0.750. The minimum atomic E-state index is -2.23. The topological polar surface area (TPSA) is 165 Å². The number of carbonyl (C=O) groups is 2. The molecular weight excluding hydrogens is 263 g/mol. The Morgan fingerprint density at radius 3 is 1.94 bits per heavy atom. The van der Waals surface area contributed by atoms with E-state index < -0.39 is 49.6 Å². The number of ether oxygens (including phenoxy) is 1. The van der Waals surface area contributed by atoms with Gasteiger partial charge in [0.05, 0.1) is 6.61 Å². The number of carbonyl (C=O) groups excluding carboxylic acids is 1. The van der Waals surface area contributed by atoms with Crippen LogP contribution in [0.1, 0.15) is 0 Å². The fourth-order valence-electron chi connectivity index (χ4n) is 0.880. The van der Waals surface area contributed by atoms with Crippen molar-refractivity contribution < 1.29 is 45.0 Å². The maximum atomic E-state index is 11.0. The second kappa shape index (κ2) is 9.64. The molecule has 0 aromatic heterocycles. The van der Waals surface area contributed by atoms with Crippen LogP contribution in [-0.2, 0) is 14.3 Å². The summed E-state index contributed by atoms with van der Waals surface area (Å²) in [6.45, 7) is -1.91. The van der Waals surface area contributed by atoms with E-state index in [9.17, 15) is 14.7 Å². The summed E-state index contributed by atoms with van der Waals surface area (Å²) in [5, 5.41) is 53.0. The van der Waals surface area contributed by atoms with Gasteiger partial charge >= 0.3 is 41.5 Å². The van der Waals surface area contributed by atoms with Crippen LogP contribution in [0.4, 0.5) is 0 Å². The third-order valence-electron chi connectivity index (χ3n) is 1.83. The molecule has 0 bridgehead atoms. The zero-order valence-corrected chi connectivity index (χ0v) is 8.63. The predicted molar refractivity (Wildman–Crippen MR) is 56.9 cm³/mol. The van der Waals surface area contributed by atoms with E-state index in [0.29, 0.717) is 0 Å². The zero-order valence-electron chi connectivity index (χ0n) is 8.63. The summed E-state index contributed by atoms with van der Waals surface area (Å²) in [6, 6.07) is 0. The number of hydrogen-bond donors (Lipinski definition) is 6. The van der Waals surface area contributed by atoms with Crippen molar-refractivity contribution in [2.24, 2.45) is 0 Å². The van der Waals surface area contributed by atoms with Gasteiger partial charge in [-0.2, -0.15) is 0 Å². The normalized spacial score (nSPS) is 16.9. The monoisotopic (exact) mass is 278 g/mol. The average Bonchev–Trinajstić information content (AvgIpc) is 2.31. The SMILES string of the molecule is O=C(O)COC(=O)[C@H](O)[C@@H](O)[C@H](O)[C@H](O)CO.[NaH]. The first-order valence-electron chi connectivity index (χ1n) is 4.52. The summed E-state index contributed by atoms with van der Waals surface area (Å²) in [4.78, 5) is 21.0. The van der Waals surface area contributed by atoms with Gasteiger partial charge in [-0.25, -0.2) is 9.59 Å². The van der Waals surface area contributed by atoms with Gasteiger partial charge in [0.2, 0.25) is 0 Å². The van der Waals surface area contributed by atoms with E-state index in [1.165, 1.54) is 0 Å². The van der Waals surface area contributed by atoms with Crippen LogP contribution < -0.4 is 0 Å². The van der Waals surface area contributed by atoms with Gasteiger partial charge in [0.25, 0.3) is 0 Å². The Kier molecular flexibility index (Phi) is 10.7. The number of aliphatic hydroxyl groups excluding tert-OH is 5. The van der Waals surface area contributed by atoms with Crippen LogP contribution in [0.5, 0.6) is 0 Å². The minimum absolute atomic E-state index is 0. The van der Waals surface area contributed by atoms with Gasteiger partial charge in [0.1, 0.15) is 18.3 Å². The molecule has 4 atom stereocenters. The zero-order chi connectivity index (χ0) is 13.6. The van der Waals surface area contributed by atoms with Crippen molar-refractivity contribution in [3.05, 3.63) is 0 Å². The Morgan fingerprint density at radius 2 is 1.56 bits per heavy atom. The number of carboxylic acid groups (broad SMARTS) is 1. The van der Waals surface area contributed by atoms with E-state index in [1.54, 1.807) is 0 Å². The second-order valence-electron chi connectivity index (χ2n) is 3.18. The molecule has 0 aromatic rings. The van der Waals surface area contributed by atoms with Gasteiger partial charge < -0.3 is 35.4 Å². The summed E-state index contributed by atoms with van der Waals surface area (Å²) in [5.74, 6) is -2.93. The van der Waals surface area contributed by atoms with Gasteiger partial charge in [-0.1, -0.05) is 0 Å². The van der Waals surface area contributed by atoms with Crippen molar-refractivity contribution in [1.29, 1.82) is 0 Å². The van der Waals surface area contributed by atoms with Crippen molar-refractivity contribution in [3.8, 4) is 0 Å². The number of carboxylic acids is 1. The number of esters is 1. The Morgan fingerprint density at radius 1 is 1.06 bits per heavy atom. The molecule has 9 nitrogen and oxygen atoms in total. The van der Waals surface area contributed by atoms with Crippen LogP contribution in [0.3, 0.4) is 0 Å². The Bertz CT molecular complexity index is 271. The fourth-order valence-corrected chi connectivity index (χ4v) is 0.880. The summed E-state index contributed by atoms with van der Waals surface area (Å²) in [6.07, 6.45) is -8.08. The predicted octanol–water partition coefficient (Wildman–Crippen LogP) is -4.60. The second-order valence-corrected chi connectivity index (χ2v) is 3.18. The van der Waals surface area contributed by atoms with E-state index in [-0.39, 0.29) is 29.6 Å². The molecule has 0 amide bonds. The molecule has 0 radical (unpaired) electrons. The summed E-state index contributed by atoms with van der Waals surface area (Å²) in [5.41, 5.74) is 0. The van der Waals surface area contributed by atoms with E-state index >= 15 is 0 Å². The molecule has 0 aromatic carbocycles. The van der Waals surface area contributed by atoms with Crippen molar-refractivity contribution in [2.75, 3.05) is 13.2 Å². The molecule has 0 spiro atoms. The van der Waals surface area contributed by atoms with Crippen LogP contribution in [-0.4, -0.2) is 110 Å². The molecule has 0 fully saturated rings. The first kappa shape index (κ1) is 20.1. The van der Waals surface area contributed by atoms with E-state index in [0.717, 1.165) is 0 Å². The number of aliphatic carboxylic acids is 1. The van der Waals surface area contributed by atoms with Crippen LogP contribution in [0, 0.1) is 0 Å². The molecule has 0 saturated heterocycles. The molecule has 10 heteroatoms. The molecule has 0 aliphatic rings. The van der Waals surface area contributed by atoms with Gasteiger partial charge in [-0.05, 0) is 0 Å². The molecule has 0 aliphatic carbocycles. The van der Waals surface area contributed by atoms with Gasteiger partial charge in [-0.15, -0.1) is 0 Å². The van der Waals surface area contributed by atoms with Crippen LogP contribution in [0.25, 0.3) is 0 Å². The molecule has 0 unspecified atom stereocenters. The molecule has 0 saturated carbocycles. The van der Waals surface area contributed by atoms with E-state index in [2.05, 4.69) is 4.74 Å². The molecule has 0 rings (SSSR count). The number of aliphatic hydroxyl groups is 5. The standard InChI is InChI=1S/C8H14O9.Na.H/c9-1-3(10)5(13)6(14)7(15)8(16)17-2-4(11)12;;/h3,5-7,9-10,13-15H,1-2H2,(H,11,12);;/t3-,5-,6+,7-;;/m1../s1. The Hall–Kier alpha value is -0.260. The Labute approximate surface area is 124 Å². The van der Waals surface area contributed by atoms with Crippen LogP contribution >= 0.6 is 0 Å². The summed E-state index contributed by atoms with van der Waals surface area (Å²) >= 11 is 0. The first-order chi connectivity index (χ1) is 7.81. The molecule has 102 valence electrons. The molecule has 0 aliphatic heterocycles. The third-order valence-corrected chi connectivity index (χ3v) is 1.83. The summed E-state index contributed by atoms with van der Waals surface area (Å²) < 4.78 is 4.05. The third kappa shape index (κ3) is 6.61. The molecule has 6 N–H and O–H groups in total. The van der Waals surface area contributed by atoms with Gasteiger partial charge in [-0.3, -0.25) is 0 Å². The van der Waals surface area contributed by atoms with Crippen LogP contribution in [0.15, 0.2) is 0 Å². The van der Waals surface area contributed by atoms with Crippen LogP contribution in [0.2, 0.25) is 0 Å². The number of hydrogen-bond acceptors (Lipinski definition) is 8. The Balaban J connectivity index is 0. The van der Waals surface area contributed by atoms with Crippen molar-refractivity contribution in [2.45, 2.75) is 24.4 Å². The van der Waals surface area contributed by atoms with E-state index in [1.807, 2.05) is 0 Å². The quantitative estimate of drug-likeness (QED) is 0.198.